The van der Waals surface area contributed by atoms with Crippen LogP contribution in [0, 0.1) is 0 Å². The lowest BCUT2D eigenvalue weighted by Crippen LogP contribution is -2.40. The Bertz CT molecular complexity index is 1330. The predicted molar refractivity (Wildman–Crippen MR) is 158 cm³/mol. The third-order valence-corrected chi connectivity index (χ3v) is 9.21. The molecule has 6 heteroatoms. The highest BCUT2D eigenvalue weighted by atomic mass is 16.5. The van der Waals surface area contributed by atoms with Gasteiger partial charge in [0, 0.05) is 35.6 Å². The van der Waals surface area contributed by atoms with Crippen LogP contribution in [0.3, 0.4) is 0 Å². The van der Waals surface area contributed by atoms with Crippen LogP contribution in [0.1, 0.15) is 87.1 Å². The van der Waals surface area contributed by atoms with Gasteiger partial charge in [-0.3, -0.25) is 0 Å². The summed E-state index contributed by atoms with van der Waals surface area (Å²) in [5.74, 6) is 0.602. The summed E-state index contributed by atoms with van der Waals surface area (Å²) < 4.78 is 8.98. The number of rotatable bonds is 7. The zero-order chi connectivity index (χ0) is 26.9. The van der Waals surface area contributed by atoms with Gasteiger partial charge in [0.2, 0.25) is 0 Å². The Morgan fingerprint density at radius 1 is 1.03 bits per heavy atom. The average molecular weight is 530 g/mol. The number of para-hydroxylation sites is 1. The van der Waals surface area contributed by atoms with Crippen LogP contribution >= 0.6 is 0 Å². The minimum atomic E-state index is -0.875. The van der Waals surface area contributed by atoms with Gasteiger partial charge in [-0.15, -0.1) is 0 Å². The predicted octanol–water partition coefficient (Wildman–Crippen LogP) is 7.15. The number of hydrogen-bond acceptors (Lipinski definition) is 4. The maximum Gasteiger partial charge on any atom is 0.335 e. The molecule has 2 aliphatic heterocycles. The first-order chi connectivity index (χ1) is 19.0. The topological polar surface area (TPSA) is 57.9 Å². The highest BCUT2D eigenvalue weighted by Gasteiger charge is 2.31. The Labute approximate surface area is 232 Å². The number of carbonyl (C=O) groups is 1. The normalized spacial score (nSPS) is 18.4. The first-order valence-corrected chi connectivity index (χ1v) is 15.2. The van der Waals surface area contributed by atoms with Crippen molar-refractivity contribution in [3.63, 3.8) is 0 Å². The van der Waals surface area contributed by atoms with Gasteiger partial charge in [-0.25, -0.2) is 4.79 Å². The maximum atomic E-state index is 11.9. The highest BCUT2D eigenvalue weighted by molar-refractivity contribution is 5.99. The zero-order valence-electron chi connectivity index (χ0n) is 23.6. The summed E-state index contributed by atoms with van der Waals surface area (Å²) in [5, 5.41) is 11.0. The van der Waals surface area contributed by atoms with Crippen molar-refractivity contribution < 1.29 is 14.6 Å². The van der Waals surface area contributed by atoms with E-state index < -0.39 is 5.97 Å². The Kier molecular flexibility index (Phi) is 7.57. The highest BCUT2D eigenvalue weighted by Crippen LogP contribution is 2.49. The maximum absolute atomic E-state index is 11.9. The summed E-state index contributed by atoms with van der Waals surface area (Å²) in [4.78, 5) is 17.0. The summed E-state index contributed by atoms with van der Waals surface area (Å²) >= 11 is 0. The minimum absolute atomic E-state index is 0.348. The second kappa shape index (κ2) is 11.2. The smallest absolute Gasteiger partial charge is 0.335 e. The number of fused-ring (bicyclic) bond motifs is 5. The molecule has 1 saturated heterocycles. The van der Waals surface area contributed by atoms with E-state index in [0.29, 0.717) is 30.7 Å². The van der Waals surface area contributed by atoms with E-state index in [4.69, 9.17) is 4.74 Å². The van der Waals surface area contributed by atoms with Crippen LogP contribution in [0.15, 0.2) is 36.4 Å². The fourth-order valence-corrected chi connectivity index (χ4v) is 7.25. The number of ether oxygens (including phenoxy) is 1. The van der Waals surface area contributed by atoms with Crippen molar-refractivity contribution in [2.45, 2.75) is 83.7 Å². The molecule has 0 atom stereocenters. The Morgan fingerprint density at radius 3 is 2.54 bits per heavy atom. The Hall–Kier alpha value is -2.99. The first-order valence-electron chi connectivity index (χ1n) is 15.2. The van der Waals surface area contributed by atoms with Gasteiger partial charge in [-0.2, -0.15) is 0 Å². The molecule has 0 radical (unpaired) electrons. The van der Waals surface area contributed by atoms with Gasteiger partial charge in [-0.05, 0) is 88.4 Å². The molecule has 2 aromatic carbocycles. The molecule has 2 fully saturated rings. The Morgan fingerprint density at radius 2 is 1.79 bits per heavy atom. The number of aromatic nitrogens is 1. The summed E-state index contributed by atoms with van der Waals surface area (Å²) in [6.07, 6.45) is 10.2. The van der Waals surface area contributed by atoms with Crippen LogP contribution in [0.5, 0.6) is 5.75 Å². The first kappa shape index (κ1) is 26.2. The van der Waals surface area contributed by atoms with E-state index >= 15 is 0 Å². The van der Waals surface area contributed by atoms with Crippen molar-refractivity contribution >= 4 is 22.6 Å². The van der Waals surface area contributed by atoms with Crippen LogP contribution < -0.4 is 9.64 Å². The van der Waals surface area contributed by atoms with Gasteiger partial charge < -0.3 is 24.2 Å². The third-order valence-electron chi connectivity index (χ3n) is 9.21. The summed E-state index contributed by atoms with van der Waals surface area (Å²) in [6.45, 7) is 10.3. The molecule has 3 aromatic rings. The summed E-state index contributed by atoms with van der Waals surface area (Å²) in [6, 6.07) is 12.7. The summed E-state index contributed by atoms with van der Waals surface area (Å²) in [7, 11) is 0. The van der Waals surface area contributed by atoms with Gasteiger partial charge in [0.1, 0.15) is 6.61 Å². The van der Waals surface area contributed by atoms with Gasteiger partial charge in [-0.1, -0.05) is 37.8 Å². The lowest BCUT2D eigenvalue weighted by atomic mass is 9.81. The molecular formula is C33H43N3O3. The van der Waals surface area contributed by atoms with E-state index in [2.05, 4.69) is 52.5 Å². The van der Waals surface area contributed by atoms with Crippen LogP contribution in [-0.2, 0) is 6.54 Å². The van der Waals surface area contributed by atoms with E-state index in [1.165, 1.54) is 86.8 Å². The largest absolute Gasteiger partial charge is 0.489 e. The molecular weight excluding hydrogens is 486 g/mol. The van der Waals surface area contributed by atoms with E-state index in [1.807, 2.05) is 6.07 Å². The molecule has 1 N–H and O–H groups in total. The van der Waals surface area contributed by atoms with Crippen molar-refractivity contribution in [1.29, 1.82) is 0 Å². The number of aromatic carboxylic acids is 1. The van der Waals surface area contributed by atoms with Gasteiger partial charge in [0.15, 0.2) is 5.75 Å². The number of anilines is 1. The lowest BCUT2D eigenvalue weighted by Gasteiger charge is -2.34. The van der Waals surface area contributed by atoms with Gasteiger partial charge >= 0.3 is 5.97 Å². The van der Waals surface area contributed by atoms with Crippen LogP contribution in [0.25, 0.3) is 22.2 Å². The number of hydrogen-bond donors (Lipinski definition) is 1. The summed E-state index contributed by atoms with van der Waals surface area (Å²) in [5.41, 5.74) is 6.35. The number of likely N-dealkylation sites (tertiary alicyclic amines) is 1. The SMILES string of the molecule is CC(C)N(CCN1CCCCC1)c1cccc2c1OCCn1c-2c(C2CCCCC2)c2ccc(C(=O)O)cc21. The molecule has 0 spiro atoms. The molecule has 1 aromatic heterocycles. The third kappa shape index (κ3) is 5.04. The molecule has 6 rings (SSSR count). The molecule has 1 aliphatic carbocycles. The molecule has 0 bridgehead atoms. The van der Waals surface area contributed by atoms with E-state index in [0.717, 1.165) is 29.9 Å². The molecule has 3 heterocycles. The van der Waals surface area contributed by atoms with E-state index in [1.54, 1.807) is 6.07 Å². The van der Waals surface area contributed by atoms with Gasteiger partial charge in [0.05, 0.1) is 23.5 Å². The number of nitrogens with zero attached hydrogens (tertiary/aromatic N) is 3. The monoisotopic (exact) mass is 529 g/mol. The van der Waals surface area contributed by atoms with Crippen LogP contribution in [-0.4, -0.2) is 59.4 Å². The van der Waals surface area contributed by atoms with Crippen molar-refractivity contribution in [1.82, 2.24) is 9.47 Å². The van der Waals surface area contributed by atoms with Crippen molar-refractivity contribution in [3.05, 3.63) is 47.5 Å². The van der Waals surface area contributed by atoms with Crippen molar-refractivity contribution in [3.8, 4) is 17.0 Å². The minimum Gasteiger partial charge on any atom is -0.489 e. The quantitative estimate of drug-likeness (QED) is 0.352. The fraction of sp³-hybridized carbons (Fsp3) is 0.545. The fourth-order valence-electron chi connectivity index (χ4n) is 7.25. The van der Waals surface area contributed by atoms with Crippen LogP contribution in [0.4, 0.5) is 5.69 Å². The second-order valence-corrected chi connectivity index (χ2v) is 12.0. The zero-order valence-corrected chi connectivity index (χ0v) is 23.6. The molecule has 3 aliphatic rings. The van der Waals surface area contributed by atoms with E-state index in [9.17, 15) is 9.90 Å². The Balaban J connectivity index is 1.48. The number of carboxylic acids is 1. The van der Waals surface area contributed by atoms with E-state index in [-0.39, 0.29) is 0 Å². The second-order valence-electron chi connectivity index (χ2n) is 12.0. The molecule has 6 nitrogen and oxygen atoms in total. The number of benzene rings is 2. The molecule has 39 heavy (non-hydrogen) atoms. The van der Waals surface area contributed by atoms with Crippen molar-refractivity contribution in [2.75, 3.05) is 37.7 Å². The van der Waals surface area contributed by atoms with Crippen LogP contribution in [0.2, 0.25) is 0 Å². The number of carboxylic acid groups (broad SMARTS) is 1. The van der Waals surface area contributed by atoms with Gasteiger partial charge in [0.25, 0.3) is 0 Å². The average Bonchev–Trinajstić information content (AvgIpc) is 3.15. The molecule has 208 valence electrons. The standard InChI is InChI=1S/C33H43N3O3/c1-23(2)35(19-18-34-16-7-4-8-17-34)28-13-9-12-27-31-30(24-10-5-3-6-11-24)26-15-14-25(33(37)38)22-29(26)36(31)20-21-39-32(27)28/h9,12-15,22-24H,3-8,10-11,16-21H2,1-2H3,(H,37,38). The number of piperidine rings is 1. The molecule has 1 saturated carbocycles. The lowest BCUT2D eigenvalue weighted by molar-refractivity contribution is 0.0697. The van der Waals surface area contributed by atoms with Crippen molar-refractivity contribution in [2.24, 2.45) is 0 Å². The molecule has 0 unspecified atom stereocenters. The molecule has 0 amide bonds.